The Bertz CT molecular complexity index is 1420. The molecule has 0 atom stereocenters. The van der Waals surface area contributed by atoms with Gasteiger partial charge in [0.05, 0.1) is 32.3 Å². The third-order valence-corrected chi connectivity index (χ3v) is 7.70. The van der Waals surface area contributed by atoms with Crippen LogP contribution in [0.3, 0.4) is 0 Å². The number of rotatable bonds is 14. The van der Waals surface area contributed by atoms with Crippen molar-refractivity contribution in [1.82, 2.24) is 4.90 Å². The number of hydrogen-bond acceptors (Lipinski definition) is 8. The van der Waals surface area contributed by atoms with Crippen LogP contribution in [0.15, 0.2) is 18.2 Å². The summed E-state index contributed by atoms with van der Waals surface area (Å²) in [7, 11) is 2.81. The fourth-order valence-electron chi connectivity index (χ4n) is 4.54. The maximum absolute atomic E-state index is 15.4. The molecule has 2 aromatic carbocycles. The van der Waals surface area contributed by atoms with E-state index in [0.29, 0.717) is 51.6 Å². The molecule has 0 bridgehead atoms. The van der Waals surface area contributed by atoms with Gasteiger partial charge in [0.25, 0.3) is 0 Å². The van der Waals surface area contributed by atoms with Gasteiger partial charge in [0.15, 0.2) is 40.4 Å². The second-order valence-corrected chi connectivity index (χ2v) is 10.4. The minimum absolute atomic E-state index is 0.0342. The molecule has 0 fully saturated rings. The number of amides is 1. The number of Topliss-reactive ketones (excluding diaryl/α,β-unsaturated/α-hetero) is 1. The van der Waals surface area contributed by atoms with E-state index >= 15 is 8.78 Å². The zero-order valence-electron chi connectivity index (χ0n) is 22.6. The van der Waals surface area contributed by atoms with E-state index in [4.69, 9.17) is 18.9 Å². The van der Waals surface area contributed by atoms with E-state index in [9.17, 15) is 14.4 Å². The van der Waals surface area contributed by atoms with Gasteiger partial charge in [-0.1, -0.05) is 6.92 Å². The number of thiophene rings is 1. The molecule has 0 unspecified atom stereocenters. The summed E-state index contributed by atoms with van der Waals surface area (Å²) in [5.41, 5.74) is 0.967. The Morgan fingerprint density at radius 1 is 0.975 bits per heavy atom. The predicted octanol–water partition coefficient (Wildman–Crippen LogP) is 5.85. The summed E-state index contributed by atoms with van der Waals surface area (Å²) in [5.74, 6) is -1.21. The maximum atomic E-state index is 15.4. The smallest absolute Gasteiger partial charge is 0.223 e. The fraction of sp³-hybridized carbons (Fsp3) is 0.414. The highest BCUT2D eigenvalue weighted by Gasteiger charge is 2.30. The maximum Gasteiger partial charge on any atom is 0.223 e. The highest BCUT2D eigenvalue weighted by Crippen LogP contribution is 2.41. The summed E-state index contributed by atoms with van der Waals surface area (Å²) in [6, 6.07) is 4.84. The molecule has 0 spiro atoms. The molecule has 0 saturated heterocycles. The molecule has 40 heavy (non-hydrogen) atoms. The van der Waals surface area contributed by atoms with Crippen molar-refractivity contribution in [3.8, 4) is 23.0 Å². The molecule has 1 amide bonds. The second kappa shape index (κ2) is 13.1. The lowest BCUT2D eigenvalue weighted by Gasteiger charge is -2.15. The van der Waals surface area contributed by atoms with E-state index < -0.39 is 11.6 Å². The van der Waals surface area contributed by atoms with Gasteiger partial charge in [-0.25, -0.2) is 8.78 Å². The minimum atomic E-state index is -0.611. The van der Waals surface area contributed by atoms with Crippen molar-refractivity contribution in [2.24, 2.45) is 0 Å². The van der Waals surface area contributed by atoms with E-state index in [1.54, 1.807) is 18.2 Å². The Kier molecular flexibility index (Phi) is 9.57. The van der Waals surface area contributed by atoms with Crippen LogP contribution in [-0.2, 0) is 22.7 Å². The SMILES string of the molecule is CCCC(=O)c1cc2c(F)c(OCCCOc3c(OC)cc4c(c3F)CN(C(=O)CCC=O)C4)c(OC)cc2s1. The van der Waals surface area contributed by atoms with Crippen molar-refractivity contribution in [3.05, 3.63) is 45.8 Å². The first-order chi connectivity index (χ1) is 19.3. The van der Waals surface area contributed by atoms with E-state index in [2.05, 4.69) is 0 Å². The monoisotopic (exact) mass is 575 g/mol. The lowest BCUT2D eigenvalue weighted by Crippen LogP contribution is -2.25. The topological polar surface area (TPSA) is 91.4 Å². The molecule has 1 aliphatic rings. The van der Waals surface area contributed by atoms with Crippen molar-refractivity contribution < 1.29 is 42.1 Å². The number of aldehydes is 1. The molecule has 0 N–H and O–H groups in total. The number of fused-ring (bicyclic) bond motifs is 2. The second-order valence-electron chi connectivity index (χ2n) is 9.28. The quantitative estimate of drug-likeness (QED) is 0.135. The molecule has 4 rings (SSSR count). The third kappa shape index (κ3) is 6.04. The summed E-state index contributed by atoms with van der Waals surface area (Å²) < 4.78 is 53.4. The van der Waals surface area contributed by atoms with Gasteiger partial charge in [-0.3, -0.25) is 9.59 Å². The number of ketones is 1. The van der Waals surface area contributed by atoms with Gasteiger partial charge in [0, 0.05) is 60.5 Å². The predicted molar refractivity (Wildman–Crippen MR) is 146 cm³/mol. The Balaban J connectivity index is 1.41. The zero-order chi connectivity index (χ0) is 28.8. The van der Waals surface area contributed by atoms with Crippen LogP contribution < -0.4 is 18.9 Å². The van der Waals surface area contributed by atoms with E-state index in [-0.39, 0.29) is 73.8 Å². The van der Waals surface area contributed by atoms with Gasteiger partial charge in [-0.05, 0) is 24.1 Å². The van der Waals surface area contributed by atoms with Gasteiger partial charge in [0.1, 0.15) is 6.29 Å². The summed E-state index contributed by atoms with van der Waals surface area (Å²) in [5, 5.41) is 0.292. The summed E-state index contributed by atoms with van der Waals surface area (Å²) >= 11 is 1.22. The normalized spacial score (nSPS) is 12.4. The number of methoxy groups -OCH3 is 2. The highest BCUT2D eigenvalue weighted by atomic mass is 32.1. The van der Waals surface area contributed by atoms with E-state index in [0.717, 1.165) is 0 Å². The van der Waals surface area contributed by atoms with Crippen LogP contribution in [-0.4, -0.2) is 50.3 Å². The molecule has 2 heterocycles. The molecule has 0 radical (unpaired) electrons. The van der Waals surface area contributed by atoms with Gasteiger partial charge in [-0.15, -0.1) is 11.3 Å². The average Bonchev–Trinajstić information content (AvgIpc) is 3.58. The van der Waals surface area contributed by atoms with E-state index in [1.807, 2.05) is 6.92 Å². The fourth-order valence-corrected chi connectivity index (χ4v) is 5.60. The van der Waals surface area contributed by atoms with Gasteiger partial charge >= 0.3 is 0 Å². The molecule has 3 aromatic rings. The Labute approximate surface area is 234 Å². The van der Waals surface area contributed by atoms with Crippen molar-refractivity contribution in [3.63, 3.8) is 0 Å². The van der Waals surface area contributed by atoms with Crippen LogP contribution in [0, 0.1) is 11.6 Å². The first-order valence-corrected chi connectivity index (χ1v) is 13.8. The van der Waals surface area contributed by atoms with Crippen LogP contribution in [0.1, 0.15) is 59.8 Å². The standard InChI is InChI=1S/C29H31F2NO7S/c1-4-7-20(34)24-13-18-23(40-24)14-22(37-3)29(26(18)30)39-11-6-10-38-28-21(36-2)12-17-15-32(16-19(17)27(28)31)25(35)8-5-9-33/h9,12-14H,4-8,10-11,15-16H2,1-3H3. The van der Waals surface area contributed by atoms with Crippen molar-refractivity contribution in [2.45, 2.75) is 52.1 Å². The van der Waals surface area contributed by atoms with Crippen molar-refractivity contribution in [2.75, 3.05) is 27.4 Å². The number of carbonyl (C=O) groups excluding carboxylic acids is 3. The lowest BCUT2D eigenvalue weighted by atomic mass is 10.1. The molecule has 1 aromatic heterocycles. The van der Waals surface area contributed by atoms with Crippen LogP contribution in [0.25, 0.3) is 10.1 Å². The number of benzene rings is 2. The van der Waals surface area contributed by atoms with Gasteiger partial charge < -0.3 is 28.6 Å². The first kappa shape index (κ1) is 29.3. The molecule has 0 aliphatic carbocycles. The molecule has 0 saturated carbocycles. The summed E-state index contributed by atoms with van der Waals surface area (Å²) in [6.45, 7) is 2.32. The Morgan fingerprint density at radius 2 is 1.65 bits per heavy atom. The summed E-state index contributed by atoms with van der Waals surface area (Å²) in [6.07, 6.45) is 2.25. The van der Waals surface area contributed by atoms with Crippen molar-refractivity contribution in [1.29, 1.82) is 0 Å². The average molecular weight is 576 g/mol. The van der Waals surface area contributed by atoms with Crippen LogP contribution >= 0.6 is 11.3 Å². The molecule has 11 heteroatoms. The number of halogens is 2. The molecule has 8 nitrogen and oxygen atoms in total. The van der Waals surface area contributed by atoms with Crippen LogP contribution in [0.5, 0.6) is 23.0 Å². The molecular formula is C29H31F2NO7S. The van der Waals surface area contributed by atoms with Crippen LogP contribution in [0.4, 0.5) is 8.78 Å². The van der Waals surface area contributed by atoms with Gasteiger partial charge in [-0.2, -0.15) is 0 Å². The van der Waals surface area contributed by atoms with Crippen molar-refractivity contribution >= 4 is 39.4 Å². The first-order valence-electron chi connectivity index (χ1n) is 13.0. The third-order valence-electron chi connectivity index (χ3n) is 6.58. The summed E-state index contributed by atoms with van der Waals surface area (Å²) in [4.78, 5) is 37.2. The molecular weight excluding hydrogens is 544 g/mol. The minimum Gasteiger partial charge on any atom is -0.493 e. The van der Waals surface area contributed by atoms with E-state index in [1.165, 1.54) is 30.5 Å². The number of carbonyl (C=O) groups is 3. The largest absolute Gasteiger partial charge is 0.493 e. The van der Waals surface area contributed by atoms with Gasteiger partial charge in [0.2, 0.25) is 5.91 Å². The number of ether oxygens (including phenoxy) is 4. The highest BCUT2D eigenvalue weighted by molar-refractivity contribution is 7.20. The zero-order valence-corrected chi connectivity index (χ0v) is 23.5. The molecule has 1 aliphatic heterocycles. The Morgan fingerprint density at radius 3 is 2.30 bits per heavy atom. The molecule has 214 valence electrons. The number of nitrogens with zero attached hydrogens (tertiary/aromatic N) is 1. The number of hydrogen-bond donors (Lipinski definition) is 0. The van der Waals surface area contributed by atoms with Crippen LogP contribution in [0.2, 0.25) is 0 Å². The Hall–Kier alpha value is -3.73. The lowest BCUT2D eigenvalue weighted by molar-refractivity contribution is -0.132.